The zero-order valence-corrected chi connectivity index (χ0v) is 13.4. The molecule has 9 nitrogen and oxygen atoms in total. The summed E-state index contributed by atoms with van der Waals surface area (Å²) in [7, 11) is -5.08. The van der Waals surface area contributed by atoms with E-state index in [1.807, 2.05) is 0 Å². The highest BCUT2D eigenvalue weighted by atomic mass is 32.3. The van der Waals surface area contributed by atoms with E-state index in [1.165, 1.54) is 24.3 Å². The Labute approximate surface area is 138 Å². The average molecular weight is 362 g/mol. The van der Waals surface area contributed by atoms with Crippen LogP contribution >= 0.6 is 0 Å². The smallest absolute Gasteiger partial charge is 0.480 e. The monoisotopic (exact) mass is 362 g/mol. The zero-order chi connectivity index (χ0) is 18.3. The molecule has 0 aliphatic carbocycles. The molecule has 1 aromatic carbocycles. The number of aliphatic carboxylic acids is 1. The molecule has 0 aliphatic heterocycles. The van der Waals surface area contributed by atoms with Crippen molar-refractivity contribution in [3.8, 4) is 5.75 Å². The molecule has 11 heteroatoms. The number of aliphatic imine (C=N–C) groups is 1. The Morgan fingerprint density at radius 3 is 2.33 bits per heavy atom. The Morgan fingerprint density at radius 2 is 1.88 bits per heavy atom. The first kappa shape index (κ1) is 19.6. The molecule has 24 heavy (non-hydrogen) atoms. The third kappa shape index (κ3) is 7.74. The third-order valence-electron chi connectivity index (χ3n) is 3.08. The van der Waals surface area contributed by atoms with Crippen LogP contribution in [0, 0.1) is 5.92 Å². The summed E-state index contributed by atoms with van der Waals surface area (Å²) in [4.78, 5) is 14.8. The van der Waals surface area contributed by atoms with E-state index in [9.17, 15) is 17.1 Å². The summed E-state index contributed by atoms with van der Waals surface area (Å²) >= 11 is 0. The molecule has 0 aliphatic rings. The van der Waals surface area contributed by atoms with E-state index in [0.717, 1.165) is 5.56 Å². The maximum absolute atomic E-state index is 12.4. The number of carboxylic acid groups (broad SMARTS) is 1. The van der Waals surface area contributed by atoms with Gasteiger partial charge in [0.15, 0.2) is 5.96 Å². The number of benzene rings is 1. The molecule has 0 bridgehead atoms. The summed E-state index contributed by atoms with van der Waals surface area (Å²) in [5.41, 5.74) is 16.8. The van der Waals surface area contributed by atoms with Crippen molar-refractivity contribution in [3.05, 3.63) is 29.8 Å². The minimum atomic E-state index is -5.08. The second-order valence-corrected chi connectivity index (χ2v) is 6.09. The molecule has 7 N–H and O–H groups in total. The largest absolute Gasteiger partial charge is 0.488 e. The molecule has 0 radical (unpaired) electrons. The van der Waals surface area contributed by atoms with Crippen molar-refractivity contribution in [1.29, 1.82) is 0 Å². The van der Waals surface area contributed by atoms with Crippen molar-refractivity contribution < 1.29 is 26.4 Å². The van der Waals surface area contributed by atoms with Gasteiger partial charge in [0.25, 0.3) is 0 Å². The highest BCUT2D eigenvalue weighted by Crippen LogP contribution is 2.19. The van der Waals surface area contributed by atoms with Crippen molar-refractivity contribution >= 4 is 22.4 Å². The van der Waals surface area contributed by atoms with Crippen molar-refractivity contribution in [2.75, 3.05) is 6.54 Å². The molecular formula is C13H19FN4O5S. The van der Waals surface area contributed by atoms with Gasteiger partial charge in [-0.05, 0) is 36.5 Å². The van der Waals surface area contributed by atoms with E-state index >= 15 is 0 Å². The van der Waals surface area contributed by atoms with Crippen LogP contribution in [0.3, 0.4) is 0 Å². The van der Waals surface area contributed by atoms with Crippen molar-refractivity contribution in [2.24, 2.45) is 28.1 Å². The van der Waals surface area contributed by atoms with Gasteiger partial charge in [-0.25, -0.2) is 0 Å². The van der Waals surface area contributed by atoms with Gasteiger partial charge in [0.05, 0.1) is 0 Å². The Bertz CT molecular complexity index is 689. The van der Waals surface area contributed by atoms with Crippen molar-refractivity contribution in [1.82, 2.24) is 0 Å². The summed E-state index contributed by atoms with van der Waals surface area (Å²) in [5, 5.41) is 8.90. The summed E-state index contributed by atoms with van der Waals surface area (Å²) in [6.45, 7) is 0.181. The van der Waals surface area contributed by atoms with E-state index < -0.39 is 22.5 Å². The Morgan fingerprint density at radius 1 is 1.29 bits per heavy atom. The summed E-state index contributed by atoms with van der Waals surface area (Å²) in [6.07, 6.45) is 0.531. The number of hydrogen-bond acceptors (Lipinski definition) is 6. The van der Waals surface area contributed by atoms with E-state index in [2.05, 4.69) is 9.18 Å². The van der Waals surface area contributed by atoms with Crippen LogP contribution in [0.5, 0.6) is 5.75 Å². The Hall–Kier alpha value is -2.40. The summed E-state index contributed by atoms with van der Waals surface area (Å²) in [5.74, 6) is -1.69. The molecule has 1 rings (SSSR count). The van der Waals surface area contributed by atoms with Crippen molar-refractivity contribution in [2.45, 2.75) is 18.9 Å². The van der Waals surface area contributed by atoms with Gasteiger partial charge in [-0.1, -0.05) is 16.0 Å². The maximum Gasteiger partial charge on any atom is 0.488 e. The number of rotatable bonds is 9. The number of carbonyl (C=O) groups is 1. The van der Waals surface area contributed by atoms with Gasteiger partial charge in [-0.15, -0.1) is 0 Å². The fourth-order valence-electron chi connectivity index (χ4n) is 2.05. The minimum Gasteiger partial charge on any atom is -0.480 e. The first-order valence-electron chi connectivity index (χ1n) is 6.83. The van der Waals surface area contributed by atoms with Crippen molar-refractivity contribution in [3.63, 3.8) is 0 Å². The third-order valence-corrected chi connectivity index (χ3v) is 3.47. The van der Waals surface area contributed by atoms with Crippen LogP contribution in [0.1, 0.15) is 12.0 Å². The summed E-state index contributed by atoms with van der Waals surface area (Å²) in [6, 6.07) is 4.54. The second kappa shape index (κ2) is 8.45. The lowest BCUT2D eigenvalue weighted by atomic mass is 9.93. The lowest BCUT2D eigenvalue weighted by Gasteiger charge is -2.17. The first-order valence-corrected chi connectivity index (χ1v) is 8.14. The number of nitrogens with two attached hydrogens (primary N) is 3. The molecule has 2 atom stereocenters. The number of halogens is 1. The van der Waals surface area contributed by atoms with Gasteiger partial charge in [0.1, 0.15) is 11.8 Å². The molecule has 0 saturated heterocycles. The quantitative estimate of drug-likeness (QED) is 0.259. The fraction of sp³-hybridized carbons (Fsp3) is 0.385. The van der Waals surface area contributed by atoms with Gasteiger partial charge in [-0.2, -0.15) is 8.42 Å². The van der Waals surface area contributed by atoms with E-state index in [4.69, 9.17) is 22.3 Å². The van der Waals surface area contributed by atoms with E-state index in [0.29, 0.717) is 6.42 Å². The molecule has 0 spiro atoms. The van der Waals surface area contributed by atoms with Gasteiger partial charge in [-0.3, -0.25) is 9.79 Å². The number of carboxylic acids is 1. The minimum absolute atomic E-state index is 0.124. The number of hydrogen-bond donors (Lipinski definition) is 4. The first-order chi connectivity index (χ1) is 11.1. The van der Waals surface area contributed by atoms with E-state index in [-0.39, 0.29) is 30.6 Å². The summed E-state index contributed by atoms with van der Waals surface area (Å²) < 4.78 is 37.3. The molecule has 0 fully saturated rings. The highest BCUT2D eigenvalue weighted by molar-refractivity contribution is 7.81. The SMILES string of the molecule is NC(N)=NC[C@@H](Cc1ccc(OS(=O)(=O)F)cc1)C[C@H](N)C(=O)O. The molecule has 0 aromatic heterocycles. The Balaban J connectivity index is 2.81. The lowest BCUT2D eigenvalue weighted by Crippen LogP contribution is -2.34. The average Bonchev–Trinajstić information content (AvgIpc) is 2.45. The predicted octanol–water partition coefficient (Wildman–Crippen LogP) is -0.486. The molecule has 0 amide bonds. The predicted molar refractivity (Wildman–Crippen MR) is 85.2 cm³/mol. The molecule has 0 unspecified atom stereocenters. The lowest BCUT2D eigenvalue weighted by molar-refractivity contribution is -0.138. The van der Waals surface area contributed by atoms with Crippen LogP contribution in [0.15, 0.2) is 29.3 Å². The van der Waals surface area contributed by atoms with Crippen LogP contribution in [0.2, 0.25) is 0 Å². The number of nitrogens with zero attached hydrogens (tertiary/aromatic N) is 1. The van der Waals surface area contributed by atoms with Crippen LogP contribution in [0.25, 0.3) is 0 Å². The molecule has 0 saturated carbocycles. The topological polar surface area (TPSA) is 171 Å². The molecule has 134 valence electrons. The van der Waals surface area contributed by atoms with Gasteiger partial charge in [0, 0.05) is 6.54 Å². The maximum atomic E-state index is 12.4. The molecular weight excluding hydrogens is 343 g/mol. The standard InChI is InChI=1S/C13H19FN4O5S/c14-24(21,22)23-10-3-1-8(2-4-10)5-9(7-18-13(16)17)6-11(15)12(19)20/h1-4,9,11H,5-7,15H2,(H,19,20)(H4,16,17,18)/t9-,11-/m0/s1. The van der Waals surface area contributed by atoms with E-state index in [1.54, 1.807) is 0 Å². The highest BCUT2D eigenvalue weighted by Gasteiger charge is 2.19. The van der Waals surface area contributed by atoms with Crippen LogP contribution < -0.4 is 21.4 Å². The number of guanidine groups is 1. The fourth-order valence-corrected chi connectivity index (χ4v) is 2.39. The zero-order valence-electron chi connectivity index (χ0n) is 12.6. The van der Waals surface area contributed by atoms with Gasteiger partial charge in [0.2, 0.25) is 0 Å². The normalized spacial score (nSPS) is 13.8. The second-order valence-electron chi connectivity index (χ2n) is 5.14. The van der Waals surface area contributed by atoms with Gasteiger partial charge < -0.3 is 26.5 Å². The van der Waals surface area contributed by atoms with Crippen LogP contribution in [-0.2, 0) is 21.7 Å². The molecule has 1 aromatic rings. The Kier molecular flexibility index (Phi) is 6.92. The molecule has 0 heterocycles. The van der Waals surface area contributed by atoms with Gasteiger partial charge >= 0.3 is 16.5 Å². The van der Waals surface area contributed by atoms with Crippen LogP contribution in [-0.4, -0.2) is 38.0 Å². The van der Waals surface area contributed by atoms with Crippen LogP contribution in [0.4, 0.5) is 3.89 Å².